The molecule has 0 spiro atoms. The van der Waals surface area contributed by atoms with Gasteiger partial charge >= 0.3 is 5.97 Å². The van der Waals surface area contributed by atoms with Crippen LogP contribution in [0.5, 0.6) is 0 Å². The lowest BCUT2D eigenvalue weighted by Crippen LogP contribution is -2.63. The van der Waals surface area contributed by atoms with Crippen molar-refractivity contribution < 1.29 is 68.7 Å². The van der Waals surface area contributed by atoms with Crippen LogP contribution in [0.25, 0.3) is 0 Å². The van der Waals surface area contributed by atoms with Crippen LogP contribution in [-0.2, 0) is 49.6 Å². The van der Waals surface area contributed by atoms with Crippen molar-refractivity contribution >= 4 is 53.2 Å². The van der Waals surface area contributed by atoms with Crippen molar-refractivity contribution in [3.8, 4) is 0 Å². The molecule has 15 N–H and O–H groups in total. The molecule has 23 heteroatoms. The van der Waals surface area contributed by atoms with Crippen molar-refractivity contribution in [1.82, 2.24) is 42.5 Å². The van der Waals surface area contributed by atoms with Gasteiger partial charge in [-0.05, 0) is 55.9 Å². The van der Waals surface area contributed by atoms with Gasteiger partial charge in [0.25, 0.3) is 0 Å². The first-order valence-corrected chi connectivity index (χ1v) is 23.2. The molecule has 0 aromatic heterocycles. The summed E-state index contributed by atoms with van der Waals surface area (Å²) in [6.07, 6.45) is -2.52. The summed E-state index contributed by atoms with van der Waals surface area (Å²) in [4.78, 5) is 120. The number of carbonyl (C=O) groups excluding carboxylic acids is 8. The number of nitrogens with two attached hydrogens (primary N) is 1. The SMILES string of the molecule is CC[C@H](C)[C@H](NC(=O)[C@H](CO)NC(=O)[C@H](CC(C)C)NC(=O)[C@@H](N)[C@@H](C)O)C(=O)N[C@H](C(=O)N[C@H](C(=O)N[C@@H](Cc1ccccc1)C(=O)N[C@@H](CO)C(=O)N[C@@H](CC(C)C)C(=O)O)[C@@H](C)O)C(C)C. The Morgan fingerprint density at radius 3 is 1.33 bits per heavy atom. The first-order chi connectivity index (χ1) is 32.2. The van der Waals surface area contributed by atoms with Crippen LogP contribution in [-0.4, -0.2) is 159 Å². The molecule has 0 aliphatic heterocycles. The smallest absolute Gasteiger partial charge is 0.326 e. The molecule has 1 aromatic carbocycles. The minimum Gasteiger partial charge on any atom is -0.480 e. The second-order valence-corrected chi connectivity index (χ2v) is 18.6. The molecule has 12 atom stereocenters. The van der Waals surface area contributed by atoms with Gasteiger partial charge in [-0.1, -0.05) is 92.1 Å². The van der Waals surface area contributed by atoms with Crippen molar-refractivity contribution in [3.05, 3.63) is 35.9 Å². The minimum absolute atomic E-state index is 0.0576. The Labute approximate surface area is 403 Å². The fraction of sp³-hybridized carbons (Fsp3) is 0.674. The van der Waals surface area contributed by atoms with E-state index in [1.807, 2.05) is 0 Å². The fourth-order valence-electron chi connectivity index (χ4n) is 6.79. The van der Waals surface area contributed by atoms with Crippen LogP contribution in [0.4, 0.5) is 0 Å². The molecule has 0 heterocycles. The Kier molecular flexibility index (Phi) is 26.6. The van der Waals surface area contributed by atoms with Crippen LogP contribution >= 0.6 is 0 Å². The number of aliphatic carboxylic acids is 1. The molecule has 1 aromatic rings. The third kappa shape index (κ3) is 20.8. The molecule has 1 rings (SSSR count). The normalized spacial score (nSPS) is 16.7. The molecule has 23 nitrogen and oxygen atoms in total. The van der Waals surface area contributed by atoms with Gasteiger partial charge in [-0.3, -0.25) is 38.4 Å². The maximum absolute atomic E-state index is 14.0. The van der Waals surface area contributed by atoms with E-state index >= 15 is 0 Å². The van der Waals surface area contributed by atoms with Gasteiger partial charge in [-0.15, -0.1) is 0 Å². The van der Waals surface area contributed by atoms with E-state index in [4.69, 9.17) is 5.73 Å². The molecule has 0 saturated heterocycles. The topological polar surface area (TPSA) is 377 Å². The van der Waals surface area contributed by atoms with Gasteiger partial charge in [-0.25, -0.2) is 4.79 Å². The molecule has 0 radical (unpaired) electrons. The monoisotopic (exact) mass is 980 g/mol. The van der Waals surface area contributed by atoms with E-state index < -0.39 is 145 Å². The van der Waals surface area contributed by atoms with E-state index in [2.05, 4.69) is 42.5 Å². The Morgan fingerprint density at radius 2 is 0.884 bits per heavy atom. The van der Waals surface area contributed by atoms with E-state index in [0.29, 0.717) is 12.0 Å². The van der Waals surface area contributed by atoms with Crippen LogP contribution in [0, 0.1) is 23.7 Å². The average molecular weight is 980 g/mol. The van der Waals surface area contributed by atoms with E-state index in [1.165, 1.54) is 13.8 Å². The number of nitrogens with one attached hydrogen (secondary N) is 8. The zero-order valence-corrected chi connectivity index (χ0v) is 41.3. The summed E-state index contributed by atoms with van der Waals surface area (Å²) in [5, 5.41) is 69.9. The Bertz CT molecular complexity index is 1870. The van der Waals surface area contributed by atoms with Crippen LogP contribution in [0.1, 0.15) is 94.1 Å². The quantitative estimate of drug-likeness (QED) is 0.0367. The zero-order valence-electron chi connectivity index (χ0n) is 41.3. The van der Waals surface area contributed by atoms with E-state index in [-0.39, 0.29) is 31.1 Å². The van der Waals surface area contributed by atoms with Crippen molar-refractivity contribution in [2.75, 3.05) is 13.2 Å². The summed E-state index contributed by atoms with van der Waals surface area (Å²) in [5.41, 5.74) is 6.27. The summed E-state index contributed by atoms with van der Waals surface area (Å²) in [7, 11) is 0. The fourth-order valence-corrected chi connectivity index (χ4v) is 6.79. The Hall–Kier alpha value is -5.75. The van der Waals surface area contributed by atoms with Gasteiger partial charge in [-0.2, -0.15) is 0 Å². The average Bonchev–Trinajstić information content (AvgIpc) is 3.27. The third-order valence-corrected chi connectivity index (χ3v) is 11.1. The number of aliphatic hydroxyl groups is 4. The Balaban J connectivity index is 3.35. The van der Waals surface area contributed by atoms with E-state index in [1.54, 1.807) is 85.7 Å². The summed E-state index contributed by atoms with van der Waals surface area (Å²) in [5.74, 6) is -10.3. The molecule has 0 unspecified atom stereocenters. The predicted molar refractivity (Wildman–Crippen MR) is 252 cm³/mol. The standard InChI is InChI=1S/C46H77N9O14/c1-11-25(8)36(54-41(63)33(21-57)52-38(60)29(17-22(2)3)48-42(64)34(47)26(9)58)44(66)53-35(24(6)7)43(65)55-37(27(10)59)45(67)49-30(19-28-15-13-12-14-16-28)39(61)51-32(20-56)40(62)50-31(46(68)69)18-23(4)5/h12-16,22-27,29-37,56-59H,11,17-21,47H2,1-10H3,(H,48,64)(H,49,67)(H,50,62)(H,51,61)(H,52,60)(H,53,66)(H,54,63)(H,55,65)(H,68,69)/t25-,26+,27+,29-,30-,31-,32-,33-,34-,35-,36-,37-/m0/s1. The maximum Gasteiger partial charge on any atom is 0.326 e. The molecule has 0 aliphatic carbocycles. The summed E-state index contributed by atoms with van der Waals surface area (Å²) < 4.78 is 0. The van der Waals surface area contributed by atoms with Gasteiger partial charge in [0.1, 0.15) is 54.4 Å². The van der Waals surface area contributed by atoms with Gasteiger partial charge in [0, 0.05) is 6.42 Å². The number of hydrogen-bond donors (Lipinski definition) is 14. The number of carboxylic acid groups (broad SMARTS) is 1. The molecule has 0 aliphatic rings. The van der Waals surface area contributed by atoms with Gasteiger partial charge < -0.3 is 73.8 Å². The molecule has 0 bridgehead atoms. The predicted octanol–water partition coefficient (Wildman–Crippen LogP) is -2.94. The number of aliphatic hydroxyl groups excluding tert-OH is 4. The van der Waals surface area contributed by atoms with Gasteiger partial charge in [0.05, 0.1) is 25.4 Å². The lowest BCUT2D eigenvalue weighted by Gasteiger charge is -2.31. The lowest BCUT2D eigenvalue weighted by molar-refractivity contribution is -0.143. The number of hydrogen-bond acceptors (Lipinski definition) is 14. The molecule has 390 valence electrons. The van der Waals surface area contributed by atoms with Gasteiger partial charge in [0.15, 0.2) is 0 Å². The second kappa shape index (κ2) is 30.0. The first kappa shape index (κ1) is 61.3. The van der Waals surface area contributed by atoms with Gasteiger partial charge in [0.2, 0.25) is 47.3 Å². The highest BCUT2D eigenvalue weighted by Crippen LogP contribution is 2.13. The molecule has 69 heavy (non-hydrogen) atoms. The number of amides is 8. The highest BCUT2D eigenvalue weighted by Gasteiger charge is 2.38. The van der Waals surface area contributed by atoms with E-state index in [0.717, 1.165) is 0 Å². The summed E-state index contributed by atoms with van der Waals surface area (Å²) in [6, 6.07) is -4.75. The first-order valence-electron chi connectivity index (χ1n) is 23.2. The highest BCUT2D eigenvalue weighted by atomic mass is 16.4. The van der Waals surface area contributed by atoms with Crippen LogP contribution in [0.3, 0.4) is 0 Å². The third-order valence-electron chi connectivity index (χ3n) is 11.1. The summed E-state index contributed by atoms with van der Waals surface area (Å²) >= 11 is 0. The number of carbonyl (C=O) groups is 9. The van der Waals surface area contributed by atoms with E-state index in [9.17, 15) is 68.7 Å². The lowest BCUT2D eigenvalue weighted by atomic mass is 9.96. The molecule has 0 saturated carbocycles. The Morgan fingerprint density at radius 1 is 0.493 bits per heavy atom. The molecule has 0 fully saturated rings. The van der Waals surface area contributed by atoms with Crippen molar-refractivity contribution in [3.63, 3.8) is 0 Å². The second-order valence-electron chi connectivity index (χ2n) is 18.6. The zero-order chi connectivity index (χ0) is 52.9. The number of carboxylic acids is 1. The van der Waals surface area contributed by atoms with Crippen LogP contribution < -0.4 is 48.3 Å². The molecule has 8 amide bonds. The molecular weight excluding hydrogens is 903 g/mol. The largest absolute Gasteiger partial charge is 0.480 e. The summed E-state index contributed by atoms with van der Waals surface area (Å²) in [6.45, 7) is 14.2. The van der Waals surface area contributed by atoms with Crippen molar-refractivity contribution in [2.45, 2.75) is 162 Å². The molecular formula is C46H77N9O14. The number of benzene rings is 1. The van der Waals surface area contributed by atoms with Crippen molar-refractivity contribution in [2.24, 2.45) is 29.4 Å². The number of rotatable bonds is 30. The highest BCUT2D eigenvalue weighted by molar-refractivity contribution is 5.98. The minimum atomic E-state index is -1.74. The maximum atomic E-state index is 14.0. The van der Waals surface area contributed by atoms with Crippen molar-refractivity contribution in [1.29, 1.82) is 0 Å². The van der Waals surface area contributed by atoms with Crippen LogP contribution in [0.2, 0.25) is 0 Å². The van der Waals surface area contributed by atoms with Crippen LogP contribution in [0.15, 0.2) is 30.3 Å².